The molecule has 0 bridgehead atoms. The van der Waals surface area contributed by atoms with Crippen molar-refractivity contribution in [3.8, 4) is 5.75 Å². The molecule has 3 aromatic carbocycles. The van der Waals surface area contributed by atoms with Crippen LogP contribution in [-0.4, -0.2) is 24.5 Å². The Hall–Kier alpha value is -3.60. The van der Waals surface area contributed by atoms with E-state index in [-0.39, 0.29) is 17.7 Å². The van der Waals surface area contributed by atoms with Crippen molar-refractivity contribution in [2.24, 2.45) is 0 Å². The SMILES string of the molecule is Cc1ccc(C(C)C)c(O[C@H](C)C(=O)Nc2ccccc2C(=O)NCCc2ccccc2)c1. The molecule has 0 spiro atoms. The van der Waals surface area contributed by atoms with Gasteiger partial charge in [-0.1, -0.05) is 68.4 Å². The Morgan fingerprint density at radius 2 is 1.61 bits per heavy atom. The highest BCUT2D eigenvalue weighted by Gasteiger charge is 2.20. The molecule has 5 nitrogen and oxygen atoms in total. The molecular formula is C28H32N2O3. The number of hydrogen-bond donors (Lipinski definition) is 2. The maximum atomic E-state index is 12.9. The number of ether oxygens (including phenoxy) is 1. The summed E-state index contributed by atoms with van der Waals surface area (Å²) in [4.78, 5) is 25.7. The Labute approximate surface area is 196 Å². The van der Waals surface area contributed by atoms with Crippen LogP contribution in [0.2, 0.25) is 0 Å². The molecule has 2 amide bonds. The largest absolute Gasteiger partial charge is 0.481 e. The Morgan fingerprint density at radius 3 is 2.33 bits per heavy atom. The minimum Gasteiger partial charge on any atom is -0.481 e. The minimum atomic E-state index is -0.724. The molecule has 0 aliphatic rings. The molecule has 0 heterocycles. The van der Waals surface area contributed by atoms with Gasteiger partial charge in [0.2, 0.25) is 0 Å². The number of benzene rings is 3. The standard InChI is InChI=1S/C28H32N2O3/c1-19(2)23-15-14-20(3)18-26(23)33-21(4)27(31)30-25-13-9-8-12-24(25)28(32)29-17-16-22-10-6-5-7-11-22/h5-15,18-19,21H,16-17H2,1-4H3,(H,29,32)(H,30,31)/t21-/m1/s1. The number of carbonyl (C=O) groups excluding carboxylic acids is 2. The summed E-state index contributed by atoms with van der Waals surface area (Å²) >= 11 is 0. The molecule has 0 saturated carbocycles. The lowest BCUT2D eigenvalue weighted by Crippen LogP contribution is -2.32. The van der Waals surface area contributed by atoms with Crippen molar-refractivity contribution in [1.29, 1.82) is 0 Å². The molecule has 0 aliphatic carbocycles. The zero-order chi connectivity index (χ0) is 23.8. The summed E-state index contributed by atoms with van der Waals surface area (Å²) in [6, 6.07) is 23.0. The quantitative estimate of drug-likeness (QED) is 0.458. The molecule has 0 radical (unpaired) electrons. The molecule has 3 aromatic rings. The summed E-state index contributed by atoms with van der Waals surface area (Å²) in [5.41, 5.74) is 4.16. The van der Waals surface area contributed by atoms with Crippen molar-refractivity contribution < 1.29 is 14.3 Å². The van der Waals surface area contributed by atoms with Gasteiger partial charge in [-0.25, -0.2) is 0 Å². The summed E-state index contributed by atoms with van der Waals surface area (Å²) in [5, 5.41) is 5.79. The zero-order valence-electron chi connectivity index (χ0n) is 19.7. The van der Waals surface area contributed by atoms with Gasteiger partial charge >= 0.3 is 0 Å². The van der Waals surface area contributed by atoms with Crippen LogP contribution in [0, 0.1) is 6.92 Å². The second-order valence-electron chi connectivity index (χ2n) is 8.48. The number of amides is 2. The van der Waals surface area contributed by atoms with Crippen LogP contribution in [0.5, 0.6) is 5.75 Å². The number of carbonyl (C=O) groups is 2. The van der Waals surface area contributed by atoms with Crippen molar-refractivity contribution in [2.75, 3.05) is 11.9 Å². The predicted octanol–water partition coefficient (Wildman–Crippen LogP) is 5.50. The number of para-hydroxylation sites is 1. The number of nitrogens with one attached hydrogen (secondary N) is 2. The molecule has 3 rings (SSSR count). The van der Waals surface area contributed by atoms with E-state index >= 15 is 0 Å². The monoisotopic (exact) mass is 444 g/mol. The first-order valence-electron chi connectivity index (χ1n) is 11.3. The van der Waals surface area contributed by atoms with Crippen LogP contribution in [0.1, 0.15) is 53.7 Å². The van der Waals surface area contributed by atoms with Gasteiger partial charge in [0, 0.05) is 6.54 Å². The number of aryl methyl sites for hydroxylation is 1. The minimum absolute atomic E-state index is 0.226. The van der Waals surface area contributed by atoms with Crippen molar-refractivity contribution in [1.82, 2.24) is 5.32 Å². The topological polar surface area (TPSA) is 67.4 Å². The van der Waals surface area contributed by atoms with Crippen LogP contribution in [0.15, 0.2) is 72.8 Å². The maximum Gasteiger partial charge on any atom is 0.265 e. The van der Waals surface area contributed by atoms with E-state index in [4.69, 9.17) is 4.74 Å². The molecule has 172 valence electrons. The van der Waals surface area contributed by atoms with Gasteiger partial charge in [0.15, 0.2) is 6.10 Å². The number of rotatable bonds is 9. The van der Waals surface area contributed by atoms with E-state index in [1.165, 1.54) is 0 Å². The highest BCUT2D eigenvalue weighted by molar-refractivity contribution is 6.04. The van der Waals surface area contributed by atoms with Crippen LogP contribution in [-0.2, 0) is 11.2 Å². The van der Waals surface area contributed by atoms with Crippen LogP contribution in [0.3, 0.4) is 0 Å². The van der Waals surface area contributed by atoms with Gasteiger partial charge in [-0.05, 0) is 61.1 Å². The van der Waals surface area contributed by atoms with E-state index < -0.39 is 6.10 Å². The maximum absolute atomic E-state index is 12.9. The van der Waals surface area contributed by atoms with Gasteiger partial charge in [0.1, 0.15) is 5.75 Å². The Morgan fingerprint density at radius 1 is 0.909 bits per heavy atom. The van der Waals surface area contributed by atoms with Gasteiger partial charge in [-0.3, -0.25) is 9.59 Å². The smallest absolute Gasteiger partial charge is 0.265 e. The average molecular weight is 445 g/mol. The third kappa shape index (κ3) is 6.69. The van der Waals surface area contributed by atoms with Crippen molar-refractivity contribution in [3.05, 3.63) is 95.1 Å². The number of hydrogen-bond acceptors (Lipinski definition) is 3. The van der Waals surface area contributed by atoms with Crippen LogP contribution >= 0.6 is 0 Å². The van der Waals surface area contributed by atoms with Gasteiger partial charge < -0.3 is 15.4 Å². The molecule has 5 heteroatoms. The Bertz CT molecular complexity index is 1090. The van der Waals surface area contributed by atoms with E-state index in [0.29, 0.717) is 23.5 Å². The van der Waals surface area contributed by atoms with Gasteiger partial charge in [0.25, 0.3) is 11.8 Å². The van der Waals surface area contributed by atoms with Gasteiger partial charge in [0.05, 0.1) is 11.3 Å². The van der Waals surface area contributed by atoms with E-state index in [2.05, 4.69) is 24.5 Å². The zero-order valence-corrected chi connectivity index (χ0v) is 19.7. The van der Waals surface area contributed by atoms with Crippen molar-refractivity contribution in [2.45, 2.75) is 46.1 Å². The lowest BCUT2D eigenvalue weighted by atomic mass is 10.0. The van der Waals surface area contributed by atoms with Crippen LogP contribution < -0.4 is 15.4 Å². The first kappa shape index (κ1) is 24.1. The summed E-state index contributed by atoms with van der Waals surface area (Å²) in [6.07, 6.45) is 0.0131. The highest BCUT2D eigenvalue weighted by Crippen LogP contribution is 2.28. The molecule has 0 fully saturated rings. The second-order valence-corrected chi connectivity index (χ2v) is 8.48. The molecule has 0 aliphatic heterocycles. The third-order valence-electron chi connectivity index (χ3n) is 5.44. The third-order valence-corrected chi connectivity index (χ3v) is 5.44. The van der Waals surface area contributed by atoms with Crippen molar-refractivity contribution >= 4 is 17.5 Å². The predicted molar refractivity (Wildman–Crippen MR) is 133 cm³/mol. The fraction of sp³-hybridized carbons (Fsp3) is 0.286. The van der Waals surface area contributed by atoms with E-state index in [9.17, 15) is 9.59 Å². The van der Waals surface area contributed by atoms with Crippen molar-refractivity contribution in [3.63, 3.8) is 0 Å². The Kier molecular flexibility index (Phi) is 8.25. The van der Waals surface area contributed by atoms with Gasteiger partial charge in [-0.2, -0.15) is 0 Å². The molecule has 2 N–H and O–H groups in total. The van der Waals surface area contributed by atoms with E-state index in [0.717, 1.165) is 23.1 Å². The Balaban J connectivity index is 1.64. The van der Waals surface area contributed by atoms with Gasteiger partial charge in [-0.15, -0.1) is 0 Å². The second kappa shape index (κ2) is 11.3. The molecule has 0 unspecified atom stereocenters. The fourth-order valence-electron chi connectivity index (χ4n) is 3.55. The van der Waals surface area contributed by atoms with E-state index in [1.54, 1.807) is 31.2 Å². The number of anilines is 1. The fourth-order valence-corrected chi connectivity index (χ4v) is 3.55. The first-order valence-corrected chi connectivity index (χ1v) is 11.3. The van der Waals surface area contributed by atoms with Crippen LogP contribution in [0.4, 0.5) is 5.69 Å². The van der Waals surface area contributed by atoms with Crippen LogP contribution in [0.25, 0.3) is 0 Å². The average Bonchev–Trinajstić information content (AvgIpc) is 2.80. The molecule has 0 aromatic heterocycles. The summed E-state index contributed by atoms with van der Waals surface area (Å²) in [7, 11) is 0. The molecular weight excluding hydrogens is 412 g/mol. The normalized spacial score (nSPS) is 11.7. The summed E-state index contributed by atoms with van der Waals surface area (Å²) in [5.74, 6) is 0.447. The lowest BCUT2D eigenvalue weighted by molar-refractivity contribution is -0.122. The molecule has 33 heavy (non-hydrogen) atoms. The molecule has 1 atom stereocenters. The lowest BCUT2D eigenvalue weighted by Gasteiger charge is -2.20. The first-order chi connectivity index (χ1) is 15.8. The van der Waals surface area contributed by atoms with E-state index in [1.807, 2.05) is 55.5 Å². The molecule has 0 saturated heterocycles. The summed E-state index contributed by atoms with van der Waals surface area (Å²) in [6.45, 7) is 8.40. The summed E-state index contributed by atoms with van der Waals surface area (Å²) < 4.78 is 6.02. The highest BCUT2D eigenvalue weighted by atomic mass is 16.5.